The van der Waals surface area contributed by atoms with E-state index in [9.17, 15) is 9.18 Å². The number of carbonyl (C=O) groups excluding carboxylic acids is 1. The molecule has 0 spiro atoms. The number of nitrogens with one attached hydrogen (secondary N) is 1. The van der Waals surface area contributed by atoms with Crippen LogP contribution in [-0.2, 0) is 4.79 Å². The summed E-state index contributed by atoms with van der Waals surface area (Å²) in [5.41, 5.74) is 0.577. The molecule has 0 bridgehead atoms. The van der Waals surface area contributed by atoms with Crippen molar-refractivity contribution < 1.29 is 9.18 Å². The van der Waals surface area contributed by atoms with E-state index in [1.807, 2.05) is 0 Å². The van der Waals surface area contributed by atoms with Gasteiger partial charge in [0, 0.05) is 17.3 Å². The molecule has 0 fully saturated rings. The van der Waals surface area contributed by atoms with Crippen LogP contribution in [0.5, 0.6) is 0 Å². The Kier molecular flexibility index (Phi) is 5.71. The van der Waals surface area contributed by atoms with E-state index in [1.54, 1.807) is 0 Å². The Balaban J connectivity index is 2.43. The fourth-order valence-electron chi connectivity index (χ4n) is 1.32. The fraction of sp³-hybridized carbons (Fsp3) is 0.308. The smallest absolute Gasteiger partial charge is 0.224 e. The van der Waals surface area contributed by atoms with Crippen LogP contribution in [0.3, 0.4) is 0 Å². The average molecular weight is 298 g/mol. The van der Waals surface area contributed by atoms with Crippen molar-refractivity contribution in [2.75, 3.05) is 5.32 Å². The molecule has 0 atom stereocenters. The number of hydrogen-bond acceptors (Lipinski definition) is 1. The number of anilines is 1. The number of carbonyl (C=O) groups is 1. The molecule has 1 amide bonds. The molecular formula is C13H13BrFNO. The second kappa shape index (κ2) is 7.08. The van der Waals surface area contributed by atoms with Crippen LogP contribution in [0.2, 0.25) is 0 Å². The van der Waals surface area contributed by atoms with Gasteiger partial charge in [-0.2, -0.15) is 0 Å². The van der Waals surface area contributed by atoms with Crippen LogP contribution in [0.25, 0.3) is 0 Å². The first-order valence-corrected chi connectivity index (χ1v) is 6.11. The van der Waals surface area contributed by atoms with Gasteiger partial charge in [0.1, 0.15) is 5.82 Å². The number of hydrogen-bond donors (Lipinski definition) is 1. The molecule has 0 saturated carbocycles. The van der Waals surface area contributed by atoms with E-state index in [4.69, 9.17) is 6.42 Å². The molecule has 0 aromatic heterocycles. The molecule has 0 aliphatic rings. The van der Waals surface area contributed by atoms with Crippen LogP contribution < -0.4 is 5.32 Å². The Hall–Kier alpha value is -1.34. The predicted octanol–water partition coefficient (Wildman–Crippen LogP) is 3.72. The second-order valence-electron chi connectivity index (χ2n) is 3.58. The largest absolute Gasteiger partial charge is 0.325 e. The number of unbranched alkanes of at least 4 members (excludes halogenated alkanes) is 2. The van der Waals surface area contributed by atoms with Gasteiger partial charge >= 0.3 is 0 Å². The van der Waals surface area contributed by atoms with E-state index < -0.39 is 0 Å². The van der Waals surface area contributed by atoms with Crippen molar-refractivity contribution >= 4 is 27.5 Å². The maximum absolute atomic E-state index is 12.8. The molecule has 1 N–H and O–H groups in total. The standard InChI is InChI=1S/C13H13BrFNO/c1-2-3-4-5-6-13(17)16-12-8-7-10(15)9-11(12)14/h1,7-9H,3-6H2,(H,16,17). The SMILES string of the molecule is C#CCCCCC(=O)Nc1ccc(F)cc1Br. The van der Waals surface area contributed by atoms with Crippen molar-refractivity contribution in [1.82, 2.24) is 0 Å². The summed E-state index contributed by atoms with van der Waals surface area (Å²) in [7, 11) is 0. The van der Waals surface area contributed by atoms with Crippen LogP contribution in [0.1, 0.15) is 25.7 Å². The minimum absolute atomic E-state index is 0.0886. The maximum atomic E-state index is 12.8. The first kappa shape index (κ1) is 13.7. The number of benzene rings is 1. The summed E-state index contributed by atoms with van der Waals surface area (Å²) >= 11 is 3.19. The zero-order chi connectivity index (χ0) is 12.7. The van der Waals surface area contributed by atoms with E-state index in [1.165, 1.54) is 18.2 Å². The first-order chi connectivity index (χ1) is 8.13. The third-order valence-corrected chi connectivity index (χ3v) is 2.84. The van der Waals surface area contributed by atoms with Gasteiger partial charge in [-0.25, -0.2) is 4.39 Å². The lowest BCUT2D eigenvalue weighted by Gasteiger charge is -2.06. The molecule has 0 unspecified atom stereocenters. The van der Waals surface area contributed by atoms with Gasteiger partial charge in [-0.1, -0.05) is 0 Å². The Labute approximate surface area is 109 Å². The molecule has 17 heavy (non-hydrogen) atoms. The molecule has 1 rings (SSSR count). The van der Waals surface area contributed by atoms with Crippen molar-refractivity contribution in [3.05, 3.63) is 28.5 Å². The Morgan fingerprint density at radius 3 is 2.88 bits per heavy atom. The summed E-state index contributed by atoms with van der Waals surface area (Å²) in [6, 6.07) is 4.14. The normalized spacial score (nSPS) is 9.71. The molecule has 4 heteroatoms. The summed E-state index contributed by atoms with van der Waals surface area (Å²) in [6.45, 7) is 0. The van der Waals surface area contributed by atoms with Crippen molar-refractivity contribution in [2.45, 2.75) is 25.7 Å². The van der Waals surface area contributed by atoms with E-state index in [2.05, 4.69) is 27.2 Å². The zero-order valence-electron chi connectivity index (χ0n) is 9.30. The van der Waals surface area contributed by atoms with E-state index in [-0.39, 0.29) is 11.7 Å². The lowest BCUT2D eigenvalue weighted by atomic mass is 10.2. The van der Waals surface area contributed by atoms with E-state index >= 15 is 0 Å². The molecule has 0 saturated heterocycles. The Morgan fingerprint density at radius 2 is 2.24 bits per heavy atom. The molecule has 90 valence electrons. The van der Waals surface area contributed by atoms with E-state index in [0.29, 0.717) is 23.0 Å². The average Bonchev–Trinajstić information content (AvgIpc) is 2.28. The highest BCUT2D eigenvalue weighted by molar-refractivity contribution is 9.10. The third kappa shape index (κ3) is 5.01. The monoisotopic (exact) mass is 297 g/mol. The summed E-state index contributed by atoms with van der Waals surface area (Å²) in [6.07, 6.45) is 7.82. The van der Waals surface area contributed by atoms with Gasteiger partial charge in [0.2, 0.25) is 5.91 Å². The Morgan fingerprint density at radius 1 is 1.47 bits per heavy atom. The number of amides is 1. The van der Waals surface area contributed by atoms with Crippen molar-refractivity contribution in [3.8, 4) is 12.3 Å². The number of halogens is 2. The second-order valence-corrected chi connectivity index (χ2v) is 4.44. The Bertz CT molecular complexity index is 440. The molecular weight excluding hydrogens is 285 g/mol. The number of terminal acetylenes is 1. The highest BCUT2D eigenvalue weighted by Gasteiger charge is 2.05. The molecule has 0 radical (unpaired) electrons. The molecule has 2 nitrogen and oxygen atoms in total. The third-order valence-electron chi connectivity index (χ3n) is 2.18. The zero-order valence-corrected chi connectivity index (χ0v) is 10.9. The van der Waals surface area contributed by atoms with Gasteiger partial charge in [-0.05, 0) is 47.0 Å². The quantitative estimate of drug-likeness (QED) is 0.651. The van der Waals surface area contributed by atoms with Crippen LogP contribution in [0, 0.1) is 18.2 Å². The minimum Gasteiger partial charge on any atom is -0.325 e. The van der Waals surface area contributed by atoms with Gasteiger partial charge in [0.25, 0.3) is 0 Å². The summed E-state index contributed by atoms with van der Waals surface area (Å²) in [4.78, 5) is 11.5. The maximum Gasteiger partial charge on any atom is 0.224 e. The predicted molar refractivity (Wildman–Crippen MR) is 70.0 cm³/mol. The molecule has 0 heterocycles. The minimum atomic E-state index is -0.344. The van der Waals surface area contributed by atoms with Gasteiger partial charge in [-0.15, -0.1) is 12.3 Å². The van der Waals surface area contributed by atoms with Crippen LogP contribution in [0.4, 0.5) is 10.1 Å². The van der Waals surface area contributed by atoms with Gasteiger partial charge < -0.3 is 5.32 Å². The molecule has 0 aliphatic carbocycles. The number of rotatable bonds is 5. The molecule has 0 aliphatic heterocycles. The van der Waals surface area contributed by atoms with Crippen molar-refractivity contribution in [2.24, 2.45) is 0 Å². The highest BCUT2D eigenvalue weighted by atomic mass is 79.9. The van der Waals surface area contributed by atoms with Crippen molar-refractivity contribution in [3.63, 3.8) is 0 Å². The lowest BCUT2D eigenvalue weighted by Crippen LogP contribution is -2.11. The highest BCUT2D eigenvalue weighted by Crippen LogP contribution is 2.23. The first-order valence-electron chi connectivity index (χ1n) is 5.32. The van der Waals surface area contributed by atoms with Crippen LogP contribution >= 0.6 is 15.9 Å². The topological polar surface area (TPSA) is 29.1 Å². The summed E-state index contributed by atoms with van der Waals surface area (Å²) in [5.74, 6) is 2.09. The summed E-state index contributed by atoms with van der Waals surface area (Å²) in [5, 5.41) is 2.71. The fourth-order valence-corrected chi connectivity index (χ4v) is 1.77. The molecule has 1 aromatic rings. The van der Waals surface area contributed by atoms with Gasteiger partial charge in [0.05, 0.1) is 5.69 Å². The van der Waals surface area contributed by atoms with E-state index in [0.717, 1.165) is 12.8 Å². The van der Waals surface area contributed by atoms with Crippen LogP contribution in [0.15, 0.2) is 22.7 Å². The van der Waals surface area contributed by atoms with Gasteiger partial charge in [-0.3, -0.25) is 4.79 Å². The summed E-state index contributed by atoms with van der Waals surface area (Å²) < 4.78 is 13.3. The van der Waals surface area contributed by atoms with Gasteiger partial charge in [0.15, 0.2) is 0 Å². The van der Waals surface area contributed by atoms with Crippen LogP contribution in [-0.4, -0.2) is 5.91 Å². The van der Waals surface area contributed by atoms with Crippen molar-refractivity contribution in [1.29, 1.82) is 0 Å². The molecule has 1 aromatic carbocycles. The lowest BCUT2D eigenvalue weighted by molar-refractivity contribution is -0.116.